The van der Waals surface area contributed by atoms with E-state index >= 15 is 0 Å². The summed E-state index contributed by atoms with van der Waals surface area (Å²) in [6.07, 6.45) is 0. The second kappa shape index (κ2) is 8.27. The fourth-order valence-corrected chi connectivity index (χ4v) is 6.22. The Balaban J connectivity index is 1.57. The van der Waals surface area contributed by atoms with E-state index in [0.717, 1.165) is 27.9 Å². The molecular weight excluding hydrogens is 432 g/mol. The van der Waals surface area contributed by atoms with Crippen molar-refractivity contribution in [3.8, 4) is 5.75 Å². The maximum absolute atomic E-state index is 14.1. The Hall–Kier alpha value is -3.25. The highest BCUT2D eigenvalue weighted by Crippen LogP contribution is 2.55. The molecule has 0 aromatic heterocycles. The molecule has 6 heteroatoms. The van der Waals surface area contributed by atoms with E-state index in [1.807, 2.05) is 36.1 Å². The van der Waals surface area contributed by atoms with Crippen molar-refractivity contribution in [2.24, 2.45) is 0 Å². The van der Waals surface area contributed by atoms with Crippen LogP contribution in [0.15, 0.2) is 66.7 Å². The zero-order valence-corrected chi connectivity index (χ0v) is 19.8. The monoisotopic (exact) mass is 458 g/mol. The van der Waals surface area contributed by atoms with Crippen LogP contribution in [0.4, 0.5) is 5.69 Å². The van der Waals surface area contributed by atoms with E-state index in [2.05, 4.69) is 25.1 Å². The molecule has 3 aromatic rings. The lowest BCUT2D eigenvalue weighted by atomic mass is 10.0. The van der Waals surface area contributed by atoms with Gasteiger partial charge in [0.2, 0.25) is 0 Å². The van der Waals surface area contributed by atoms with Crippen LogP contribution in [0.25, 0.3) is 0 Å². The van der Waals surface area contributed by atoms with E-state index in [1.165, 1.54) is 0 Å². The van der Waals surface area contributed by atoms with E-state index < -0.39 is 4.87 Å². The molecule has 2 heterocycles. The lowest BCUT2D eigenvalue weighted by Crippen LogP contribution is -2.50. The molecule has 1 spiro atoms. The summed E-state index contributed by atoms with van der Waals surface area (Å²) in [7, 11) is 1.60. The topological polar surface area (TPSA) is 49.9 Å². The summed E-state index contributed by atoms with van der Waals surface area (Å²) < 4.78 is 5.23. The van der Waals surface area contributed by atoms with Crippen molar-refractivity contribution in [2.45, 2.75) is 25.3 Å². The van der Waals surface area contributed by atoms with Crippen LogP contribution in [0.2, 0.25) is 0 Å². The number of anilines is 1. The Morgan fingerprint density at radius 2 is 1.79 bits per heavy atom. The largest absolute Gasteiger partial charge is 0.497 e. The molecular formula is C27H26N2O3S. The molecule has 2 aliphatic heterocycles. The van der Waals surface area contributed by atoms with Gasteiger partial charge in [-0.3, -0.25) is 9.59 Å². The second-order valence-electron chi connectivity index (χ2n) is 8.58. The van der Waals surface area contributed by atoms with Crippen LogP contribution in [0, 0.1) is 13.8 Å². The number of ether oxygens (including phenoxy) is 1. The zero-order valence-electron chi connectivity index (χ0n) is 19.0. The number of benzene rings is 3. The first-order chi connectivity index (χ1) is 15.9. The minimum atomic E-state index is -1.04. The van der Waals surface area contributed by atoms with E-state index in [0.29, 0.717) is 30.2 Å². The number of methoxy groups -OCH3 is 1. The number of aryl methyl sites for hydroxylation is 2. The lowest BCUT2D eigenvalue weighted by molar-refractivity contribution is -0.123. The third-order valence-corrected chi connectivity index (χ3v) is 7.77. The number of rotatable bonds is 4. The Kier molecular flexibility index (Phi) is 5.41. The third-order valence-electron chi connectivity index (χ3n) is 6.35. The number of fused-ring (bicyclic) bond motifs is 2. The van der Waals surface area contributed by atoms with Crippen LogP contribution in [0.1, 0.15) is 32.6 Å². The predicted molar refractivity (Wildman–Crippen MR) is 132 cm³/mol. The lowest BCUT2D eigenvalue weighted by Gasteiger charge is -2.33. The maximum atomic E-state index is 14.1. The summed E-state index contributed by atoms with van der Waals surface area (Å²) in [6.45, 7) is 5.07. The summed E-state index contributed by atoms with van der Waals surface area (Å²) in [5, 5.41) is 0. The van der Waals surface area contributed by atoms with Crippen LogP contribution in [-0.2, 0) is 16.2 Å². The average molecular weight is 459 g/mol. The van der Waals surface area contributed by atoms with Crippen molar-refractivity contribution >= 4 is 29.3 Å². The molecule has 2 aliphatic rings. The van der Waals surface area contributed by atoms with Crippen LogP contribution in [0.3, 0.4) is 0 Å². The fraction of sp³-hybridized carbons (Fsp3) is 0.259. The van der Waals surface area contributed by atoms with E-state index in [9.17, 15) is 9.59 Å². The van der Waals surface area contributed by atoms with Crippen LogP contribution < -0.4 is 9.64 Å². The Morgan fingerprint density at radius 3 is 2.52 bits per heavy atom. The highest BCUT2D eigenvalue weighted by Gasteiger charge is 2.59. The Labute approximate surface area is 198 Å². The summed E-state index contributed by atoms with van der Waals surface area (Å²) >= 11 is 1.56. The highest BCUT2D eigenvalue weighted by molar-refractivity contribution is 8.01. The smallest absolute Gasteiger partial charge is 0.268 e. The molecule has 1 atom stereocenters. The van der Waals surface area contributed by atoms with Gasteiger partial charge in [0.15, 0.2) is 4.87 Å². The first-order valence-electron chi connectivity index (χ1n) is 11.0. The number of nitrogens with zero attached hydrogens (tertiary/aromatic N) is 2. The molecule has 168 valence electrons. The van der Waals surface area contributed by atoms with Gasteiger partial charge in [-0.15, -0.1) is 11.8 Å². The number of carbonyl (C=O) groups excluding carboxylic acids is 2. The number of hydrogen-bond acceptors (Lipinski definition) is 4. The average Bonchev–Trinajstić information content (AvgIpc) is 3.36. The Morgan fingerprint density at radius 1 is 1.03 bits per heavy atom. The number of hydrogen-bond donors (Lipinski definition) is 0. The first kappa shape index (κ1) is 21.6. The van der Waals surface area contributed by atoms with Crippen LogP contribution in [0.5, 0.6) is 5.75 Å². The second-order valence-corrected chi connectivity index (χ2v) is 9.87. The molecule has 0 radical (unpaired) electrons. The molecule has 33 heavy (non-hydrogen) atoms. The minimum absolute atomic E-state index is 0.0473. The molecule has 0 aliphatic carbocycles. The number of carbonyl (C=O) groups is 2. The SMILES string of the molecule is COc1ccc(C(=O)N2CCSC23C(=O)N(Cc2cccc(C)c2)c2ccc(C)cc23)cc1. The van der Waals surface area contributed by atoms with Crippen LogP contribution in [-0.4, -0.2) is 36.1 Å². The van der Waals surface area contributed by atoms with Gasteiger partial charge in [0, 0.05) is 23.4 Å². The van der Waals surface area contributed by atoms with Crippen LogP contribution >= 0.6 is 11.8 Å². The van der Waals surface area contributed by atoms with Crippen molar-refractivity contribution in [3.63, 3.8) is 0 Å². The standard InChI is InChI=1S/C27H26N2O3S/c1-18-5-4-6-20(15-18)17-28-24-12-7-19(2)16-23(24)27(26(28)31)29(13-14-33-27)25(30)21-8-10-22(32-3)11-9-21/h4-12,15-16H,13-14,17H2,1-3H3. The summed E-state index contributed by atoms with van der Waals surface area (Å²) in [5.74, 6) is 1.22. The molecule has 5 nitrogen and oxygen atoms in total. The van der Waals surface area contributed by atoms with Gasteiger partial charge in [0.25, 0.3) is 11.8 Å². The highest BCUT2D eigenvalue weighted by atomic mass is 32.2. The fourth-order valence-electron chi connectivity index (χ4n) is 4.77. The quantitative estimate of drug-likeness (QED) is 0.558. The predicted octanol–water partition coefficient (Wildman–Crippen LogP) is 4.90. The van der Waals surface area contributed by atoms with E-state index in [1.54, 1.807) is 48.0 Å². The van der Waals surface area contributed by atoms with Crippen molar-refractivity contribution in [3.05, 3.63) is 94.5 Å². The van der Waals surface area contributed by atoms with Crippen molar-refractivity contribution < 1.29 is 14.3 Å². The van der Waals surface area contributed by atoms with Gasteiger partial charge < -0.3 is 14.5 Å². The first-order valence-corrected chi connectivity index (χ1v) is 12.0. The van der Waals surface area contributed by atoms with Gasteiger partial charge >= 0.3 is 0 Å². The van der Waals surface area contributed by atoms with Gasteiger partial charge in [0.05, 0.1) is 19.3 Å². The molecule has 0 bridgehead atoms. The zero-order chi connectivity index (χ0) is 23.2. The van der Waals surface area contributed by atoms with Gasteiger partial charge in [-0.25, -0.2) is 0 Å². The van der Waals surface area contributed by atoms with Gasteiger partial charge in [0.1, 0.15) is 5.75 Å². The van der Waals surface area contributed by atoms with Crippen molar-refractivity contribution in [1.29, 1.82) is 0 Å². The molecule has 1 saturated heterocycles. The van der Waals surface area contributed by atoms with Crippen molar-refractivity contribution in [1.82, 2.24) is 4.90 Å². The molecule has 1 unspecified atom stereocenters. The third kappa shape index (κ3) is 3.49. The van der Waals surface area contributed by atoms with Crippen molar-refractivity contribution in [2.75, 3.05) is 24.3 Å². The summed E-state index contributed by atoms with van der Waals surface area (Å²) in [5.41, 5.74) is 5.64. The summed E-state index contributed by atoms with van der Waals surface area (Å²) in [4.78, 5) is 30.3. The number of amides is 2. The molecule has 0 N–H and O–H groups in total. The normalized spacial score (nSPS) is 19.3. The van der Waals surface area contributed by atoms with Gasteiger partial charge in [-0.1, -0.05) is 47.5 Å². The molecule has 0 saturated carbocycles. The molecule has 3 aromatic carbocycles. The van der Waals surface area contributed by atoms with Gasteiger partial charge in [-0.2, -0.15) is 0 Å². The Bertz CT molecular complexity index is 1240. The molecule has 5 rings (SSSR count). The molecule has 2 amide bonds. The number of thioether (sulfide) groups is 1. The van der Waals surface area contributed by atoms with E-state index in [4.69, 9.17) is 4.74 Å². The van der Waals surface area contributed by atoms with E-state index in [-0.39, 0.29) is 11.8 Å². The molecule has 1 fully saturated rings. The minimum Gasteiger partial charge on any atom is -0.497 e. The maximum Gasteiger partial charge on any atom is 0.268 e. The summed E-state index contributed by atoms with van der Waals surface area (Å²) in [6, 6.07) is 21.4. The van der Waals surface area contributed by atoms with Gasteiger partial charge in [-0.05, 0) is 49.7 Å².